The molecule has 0 bridgehead atoms. The molecule has 2 aromatic rings. The normalized spacial score (nSPS) is 17.8. The summed E-state index contributed by atoms with van der Waals surface area (Å²) in [6.07, 6.45) is 2.92. The maximum atomic E-state index is 12.2. The van der Waals surface area contributed by atoms with Crippen LogP contribution in [-0.4, -0.2) is 47.5 Å². The van der Waals surface area contributed by atoms with Crippen LogP contribution in [0, 0.1) is 12.8 Å². The molecule has 1 aromatic carbocycles. The summed E-state index contributed by atoms with van der Waals surface area (Å²) in [6, 6.07) is 10.5. The summed E-state index contributed by atoms with van der Waals surface area (Å²) in [7, 11) is 1.86. The standard InChI is InChI=1S/C18H24N4OS/c1-14-10-19-17(24-14)20-18(23)21(2)11-16-8-9-22(13-16)12-15-6-4-3-5-7-15/h3-7,10,16H,8-9,11-13H2,1-2H3,(H,19,20,23)/t16-/m0/s1. The molecule has 1 saturated heterocycles. The fraction of sp³-hybridized carbons (Fsp3) is 0.444. The van der Waals surface area contributed by atoms with E-state index >= 15 is 0 Å². The summed E-state index contributed by atoms with van der Waals surface area (Å²) in [4.78, 5) is 21.8. The van der Waals surface area contributed by atoms with Crippen molar-refractivity contribution < 1.29 is 4.79 Å². The van der Waals surface area contributed by atoms with Crippen LogP contribution in [-0.2, 0) is 6.54 Å². The number of carbonyl (C=O) groups excluding carboxylic acids is 1. The summed E-state index contributed by atoms with van der Waals surface area (Å²) in [6.45, 7) is 5.90. The Balaban J connectivity index is 1.45. The Labute approximate surface area is 147 Å². The smallest absolute Gasteiger partial charge is 0.323 e. The van der Waals surface area contributed by atoms with E-state index in [-0.39, 0.29) is 6.03 Å². The number of likely N-dealkylation sites (tertiary alicyclic amines) is 1. The summed E-state index contributed by atoms with van der Waals surface area (Å²) in [5.41, 5.74) is 1.35. The van der Waals surface area contributed by atoms with E-state index in [2.05, 4.69) is 39.5 Å². The quantitative estimate of drug-likeness (QED) is 0.904. The van der Waals surface area contributed by atoms with Gasteiger partial charge in [-0.2, -0.15) is 0 Å². The molecule has 6 heteroatoms. The fourth-order valence-electron chi connectivity index (χ4n) is 3.12. The van der Waals surface area contributed by atoms with Crippen molar-refractivity contribution >= 4 is 22.5 Å². The van der Waals surface area contributed by atoms with Crippen molar-refractivity contribution in [3.05, 3.63) is 47.0 Å². The lowest BCUT2D eigenvalue weighted by molar-refractivity contribution is 0.212. The number of amides is 2. The van der Waals surface area contributed by atoms with Gasteiger partial charge in [0.2, 0.25) is 0 Å². The Bertz CT molecular complexity index is 673. The number of carbonyl (C=O) groups is 1. The third kappa shape index (κ3) is 4.55. The molecule has 24 heavy (non-hydrogen) atoms. The van der Waals surface area contributed by atoms with E-state index in [0.717, 1.165) is 37.5 Å². The highest BCUT2D eigenvalue weighted by Crippen LogP contribution is 2.20. The molecule has 0 radical (unpaired) electrons. The first-order valence-corrected chi connectivity index (χ1v) is 9.12. The van der Waals surface area contributed by atoms with Gasteiger partial charge in [0.1, 0.15) is 0 Å². The molecule has 5 nitrogen and oxygen atoms in total. The highest BCUT2D eigenvalue weighted by Gasteiger charge is 2.25. The van der Waals surface area contributed by atoms with Crippen molar-refractivity contribution in [3.63, 3.8) is 0 Å². The van der Waals surface area contributed by atoms with Crippen LogP contribution in [0.3, 0.4) is 0 Å². The fourth-order valence-corrected chi connectivity index (χ4v) is 3.77. The van der Waals surface area contributed by atoms with Crippen molar-refractivity contribution in [1.82, 2.24) is 14.8 Å². The zero-order valence-electron chi connectivity index (χ0n) is 14.2. The molecule has 1 atom stereocenters. The molecule has 128 valence electrons. The Morgan fingerprint density at radius 1 is 1.42 bits per heavy atom. The number of hydrogen-bond donors (Lipinski definition) is 1. The van der Waals surface area contributed by atoms with Crippen LogP contribution in [0.2, 0.25) is 0 Å². The molecule has 0 spiro atoms. The number of hydrogen-bond acceptors (Lipinski definition) is 4. The van der Waals surface area contributed by atoms with Crippen LogP contribution in [0.15, 0.2) is 36.5 Å². The highest BCUT2D eigenvalue weighted by molar-refractivity contribution is 7.15. The van der Waals surface area contributed by atoms with Crippen LogP contribution in [0.25, 0.3) is 0 Å². The minimum absolute atomic E-state index is 0.0779. The molecule has 1 N–H and O–H groups in total. The lowest BCUT2D eigenvalue weighted by Gasteiger charge is -2.21. The third-order valence-electron chi connectivity index (χ3n) is 4.33. The van der Waals surface area contributed by atoms with Crippen molar-refractivity contribution in [3.8, 4) is 0 Å². The van der Waals surface area contributed by atoms with E-state index < -0.39 is 0 Å². The van der Waals surface area contributed by atoms with Crippen molar-refractivity contribution in [1.29, 1.82) is 0 Å². The number of benzene rings is 1. The predicted octanol–water partition coefficient (Wildman–Crippen LogP) is 3.44. The lowest BCUT2D eigenvalue weighted by Crippen LogP contribution is -2.36. The molecule has 1 aliphatic heterocycles. The van der Waals surface area contributed by atoms with Gasteiger partial charge in [-0.15, -0.1) is 11.3 Å². The lowest BCUT2D eigenvalue weighted by atomic mass is 10.1. The second-order valence-corrected chi connectivity index (χ2v) is 7.70. The molecule has 1 aliphatic rings. The van der Waals surface area contributed by atoms with E-state index in [1.54, 1.807) is 11.1 Å². The van der Waals surface area contributed by atoms with Crippen molar-refractivity contribution in [2.75, 3.05) is 32.0 Å². The molecule has 1 aromatic heterocycles. The van der Waals surface area contributed by atoms with Crippen LogP contribution in [0.1, 0.15) is 16.9 Å². The van der Waals surface area contributed by atoms with Gasteiger partial charge in [0.15, 0.2) is 5.13 Å². The maximum Gasteiger partial charge on any atom is 0.323 e. The average Bonchev–Trinajstić information content (AvgIpc) is 3.17. The van der Waals surface area contributed by atoms with E-state index in [4.69, 9.17) is 0 Å². The van der Waals surface area contributed by atoms with Gasteiger partial charge in [0, 0.05) is 37.8 Å². The van der Waals surface area contributed by atoms with Gasteiger partial charge in [-0.05, 0) is 31.4 Å². The van der Waals surface area contributed by atoms with Gasteiger partial charge in [0.05, 0.1) is 0 Å². The molecular weight excluding hydrogens is 320 g/mol. The number of anilines is 1. The van der Waals surface area contributed by atoms with E-state index in [1.165, 1.54) is 16.9 Å². The molecule has 0 saturated carbocycles. The summed E-state index contributed by atoms with van der Waals surface area (Å²) >= 11 is 1.50. The number of aromatic nitrogens is 1. The molecule has 1 fully saturated rings. The van der Waals surface area contributed by atoms with E-state index in [1.807, 2.05) is 20.0 Å². The summed E-state index contributed by atoms with van der Waals surface area (Å²) in [5, 5.41) is 3.54. The number of nitrogens with one attached hydrogen (secondary N) is 1. The number of nitrogens with zero attached hydrogens (tertiary/aromatic N) is 3. The first-order valence-electron chi connectivity index (χ1n) is 8.31. The van der Waals surface area contributed by atoms with Crippen LogP contribution >= 0.6 is 11.3 Å². The summed E-state index contributed by atoms with van der Waals surface area (Å²) in [5.74, 6) is 0.530. The minimum atomic E-state index is -0.0779. The van der Waals surface area contributed by atoms with Gasteiger partial charge < -0.3 is 4.90 Å². The maximum absolute atomic E-state index is 12.2. The molecular formula is C18H24N4OS. The van der Waals surface area contributed by atoms with E-state index in [0.29, 0.717) is 11.0 Å². The highest BCUT2D eigenvalue weighted by atomic mass is 32.1. The van der Waals surface area contributed by atoms with Crippen molar-refractivity contribution in [2.45, 2.75) is 19.9 Å². The molecule has 2 heterocycles. The van der Waals surface area contributed by atoms with Crippen LogP contribution in [0.4, 0.5) is 9.93 Å². The molecule has 3 rings (SSSR count). The first-order chi connectivity index (χ1) is 11.6. The van der Waals surface area contributed by atoms with Gasteiger partial charge in [-0.3, -0.25) is 10.2 Å². The number of thiazole rings is 1. The zero-order chi connectivity index (χ0) is 16.9. The minimum Gasteiger partial charge on any atom is -0.327 e. The predicted molar refractivity (Wildman–Crippen MR) is 98.3 cm³/mol. The number of urea groups is 1. The van der Waals surface area contributed by atoms with E-state index in [9.17, 15) is 4.79 Å². The SMILES string of the molecule is Cc1cnc(NC(=O)N(C)C[C@@H]2CCN(Cc3ccccc3)C2)s1. The van der Waals surface area contributed by atoms with Crippen LogP contribution in [0.5, 0.6) is 0 Å². The Kier molecular flexibility index (Phi) is 5.48. The van der Waals surface area contributed by atoms with Gasteiger partial charge >= 0.3 is 6.03 Å². The average molecular weight is 344 g/mol. The molecule has 2 amide bonds. The Morgan fingerprint density at radius 2 is 2.21 bits per heavy atom. The monoisotopic (exact) mass is 344 g/mol. The van der Waals surface area contributed by atoms with Gasteiger partial charge in [0.25, 0.3) is 0 Å². The van der Waals surface area contributed by atoms with Crippen LogP contribution < -0.4 is 5.32 Å². The van der Waals surface area contributed by atoms with Gasteiger partial charge in [-0.1, -0.05) is 30.3 Å². The molecule has 0 unspecified atom stereocenters. The Morgan fingerprint density at radius 3 is 2.92 bits per heavy atom. The topological polar surface area (TPSA) is 48.5 Å². The molecule has 0 aliphatic carbocycles. The number of rotatable bonds is 5. The Hall–Kier alpha value is -1.92. The largest absolute Gasteiger partial charge is 0.327 e. The second kappa shape index (κ2) is 7.77. The summed E-state index contributed by atoms with van der Waals surface area (Å²) < 4.78 is 0. The zero-order valence-corrected chi connectivity index (χ0v) is 15.1. The third-order valence-corrected chi connectivity index (χ3v) is 5.16. The van der Waals surface area contributed by atoms with Gasteiger partial charge in [-0.25, -0.2) is 9.78 Å². The van der Waals surface area contributed by atoms with Crippen molar-refractivity contribution in [2.24, 2.45) is 5.92 Å². The first kappa shape index (κ1) is 16.9. The second-order valence-electron chi connectivity index (χ2n) is 6.46. The number of aryl methyl sites for hydroxylation is 1.